The van der Waals surface area contributed by atoms with E-state index in [2.05, 4.69) is 27.9 Å². The van der Waals surface area contributed by atoms with E-state index < -0.39 is 0 Å². The van der Waals surface area contributed by atoms with Gasteiger partial charge in [-0.25, -0.2) is 9.37 Å². The molecule has 2 heterocycles. The molecule has 0 atom stereocenters. The zero-order valence-corrected chi connectivity index (χ0v) is 18.7. The molecular weight excluding hydrogens is 415 g/mol. The number of anilines is 1. The number of para-hydroxylation sites is 2. The fourth-order valence-corrected chi connectivity index (χ4v) is 4.58. The predicted molar refractivity (Wildman–Crippen MR) is 129 cm³/mol. The number of hydrogen-bond acceptors (Lipinski definition) is 3. The van der Waals surface area contributed by atoms with Crippen LogP contribution in [0, 0.1) is 11.7 Å². The summed E-state index contributed by atoms with van der Waals surface area (Å²) in [5, 5.41) is 3.06. The quantitative estimate of drug-likeness (QED) is 0.460. The van der Waals surface area contributed by atoms with Crippen molar-refractivity contribution in [1.82, 2.24) is 14.5 Å². The number of nitrogens with one attached hydrogen (secondary N) is 1. The molecule has 168 valence electrons. The number of benzene rings is 3. The number of carbonyl (C=O) groups excluding carboxylic acids is 1. The fourth-order valence-electron chi connectivity index (χ4n) is 4.58. The maximum absolute atomic E-state index is 13.6. The lowest BCUT2D eigenvalue weighted by Crippen LogP contribution is -2.38. The molecule has 33 heavy (non-hydrogen) atoms. The second kappa shape index (κ2) is 9.16. The van der Waals surface area contributed by atoms with Gasteiger partial charge in [-0.2, -0.15) is 0 Å². The molecule has 5 nitrogen and oxygen atoms in total. The zero-order valence-electron chi connectivity index (χ0n) is 18.7. The second-order valence-electron chi connectivity index (χ2n) is 8.71. The van der Waals surface area contributed by atoms with Crippen molar-refractivity contribution in [3.05, 3.63) is 84.4 Å². The number of aryl methyl sites for hydroxylation is 1. The first-order valence-electron chi connectivity index (χ1n) is 11.4. The van der Waals surface area contributed by atoms with E-state index in [1.807, 2.05) is 48.5 Å². The van der Waals surface area contributed by atoms with Gasteiger partial charge in [-0.05, 0) is 73.5 Å². The summed E-state index contributed by atoms with van der Waals surface area (Å²) in [5.74, 6) is 0.814. The number of imidazole rings is 1. The van der Waals surface area contributed by atoms with Gasteiger partial charge in [-0.15, -0.1) is 0 Å². The van der Waals surface area contributed by atoms with E-state index in [1.54, 1.807) is 6.07 Å². The third-order valence-electron chi connectivity index (χ3n) is 6.49. The van der Waals surface area contributed by atoms with Gasteiger partial charge in [0.05, 0.1) is 17.6 Å². The number of halogens is 1. The maximum Gasteiger partial charge on any atom is 0.227 e. The van der Waals surface area contributed by atoms with E-state index in [1.165, 1.54) is 12.1 Å². The van der Waals surface area contributed by atoms with E-state index >= 15 is 0 Å². The number of nitrogens with zero attached hydrogens (tertiary/aromatic N) is 3. The summed E-state index contributed by atoms with van der Waals surface area (Å²) >= 11 is 0. The van der Waals surface area contributed by atoms with Gasteiger partial charge in [-0.1, -0.05) is 36.4 Å². The minimum atomic E-state index is -0.271. The molecule has 4 aromatic rings. The Hall–Kier alpha value is -3.51. The zero-order chi connectivity index (χ0) is 22.8. The highest BCUT2D eigenvalue weighted by Gasteiger charge is 2.26. The van der Waals surface area contributed by atoms with E-state index in [0.717, 1.165) is 66.1 Å². The van der Waals surface area contributed by atoms with Gasteiger partial charge in [0.25, 0.3) is 0 Å². The van der Waals surface area contributed by atoms with Crippen LogP contribution in [0.1, 0.15) is 18.7 Å². The Morgan fingerprint density at radius 2 is 1.73 bits per heavy atom. The molecular formula is C27H27FN4O. The average Bonchev–Trinajstić information content (AvgIpc) is 3.15. The first kappa shape index (κ1) is 21.3. The van der Waals surface area contributed by atoms with E-state index in [0.29, 0.717) is 0 Å². The Morgan fingerprint density at radius 3 is 2.48 bits per heavy atom. The topological polar surface area (TPSA) is 50.2 Å². The average molecular weight is 443 g/mol. The summed E-state index contributed by atoms with van der Waals surface area (Å²) in [4.78, 5) is 20.0. The number of likely N-dealkylation sites (tertiary alicyclic amines) is 1. The Morgan fingerprint density at radius 1 is 1.00 bits per heavy atom. The summed E-state index contributed by atoms with van der Waals surface area (Å²) in [6.07, 6.45) is 1.64. The van der Waals surface area contributed by atoms with Crippen LogP contribution in [-0.2, 0) is 18.4 Å². The minimum absolute atomic E-state index is 0.0143. The predicted octanol–water partition coefficient (Wildman–Crippen LogP) is 5.23. The van der Waals surface area contributed by atoms with E-state index in [9.17, 15) is 9.18 Å². The molecule has 0 aliphatic carbocycles. The summed E-state index contributed by atoms with van der Waals surface area (Å²) in [6, 6.07) is 22.2. The van der Waals surface area contributed by atoms with Gasteiger partial charge in [0, 0.05) is 18.7 Å². The molecule has 0 bridgehead atoms. The highest BCUT2D eigenvalue weighted by atomic mass is 19.1. The number of rotatable bonds is 5. The van der Waals surface area contributed by atoms with Crippen LogP contribution in [-0.4, -0.2) is 33.4 Å². The Labute approximate surface area is 192 Å². The molecule has 1 amide bonds. The number of fused-ring (bicyclic) bond motifs is 1. The van der Waals surface area contributed by atoms with Crippen molar-refractivity contribution >= 4 is 22.6 Å². The van der Waals surface area contributed by atoms with Gasteiger partial charge in [-0.3, -0.25) is 9.69 Å². The number of aromatic nitrogens is 2. The van der Waals surface area contributed by atoms with Crippen LogP contribution in [0.5, 0.6) is 0 Å². The highest BCUT2D eigenvalue weighted by molar-refractivity contribution is 5.93. The maximum atomic E-state index is 13.6. The summed E-state index contributed by atoms with van der Waals surface area (Å²) < 4.78 is 15.7. The largest absolute Gasteiger partial charge is 0.330 e. The molecule has 0 spiro atoms. The third kappa shape index (κ3) is 4.66. The molecule has 0 unspecified atom stereocenters. The molecule has 0 saturated carbocycles. The SMILES string of the molecule is Cn1c(CN2CCC(C(=O)Nc3cccc(-c4cccc(F)c4)c3)CC2)nc2ccccc21. The molecule has 1 saturated heterocycles. The minimum Gasteiger partial charge on any atom is -0.330 e. The van der Waals surface area contributed by atoms with Crippen molar-refractivity contribution in [3.8, 4) is 11.1 Å². The number of hydrogen-bond donors (Lipinski definition) is 1. The van der Waals surface area contributed by atoms with Crippen LogP contribution in [0.25, 0.3) is 22.2 Å². The van der Waals surface area contributed by atoms with Crippen LogP contribution >= 0.6 is 0 Å². The van der Waals surface area contributed by atoms with Crippen molar-refractivity contribution < 1.29 is 9.18 Å². The van der Waals surface area contributed by atoms with Crippen LogP contribution < -0.4 is 5.32 Å². The van der Waals surface area contributed by atoms with Gasteiger partial charge in [0.1, 0.15) is 11.6 Å². The Bertz CT molecular complexity index is 1290. The van der Waals surface area contributed by atoms with Crippen molar-refractivity contribution in [2.24, 2.45) is 13.0 Å². The monoisotopic (exact) mass is 442 g/mol. The first-order chi connectivity index (χ1) is 16.1. The van der Waals surface area contributed by atoms with Crippen LogP contribution in [0.2, 0.25) is 0 Å². The highest BCUT2D eigenvalue weighted by Crippen LogP contribution is 2.25. The normalized spacial score (nSPS) is 15.1. The van der Waals surface area contributed by atoms with Gasteiger partial charge in [0.2, 0.25) is 5.91 Å². The van der Waals surface area contributed by atoms with Gasteiger partial charge >= 0.3 is 0 Å². The van der Waals surface area contributed by atoms with Crippen LogP contribution in [0.3, 0.4) is 0 Å². The van der Waals surface area contributed by atoms with Crippen LogP contribution in [0.4, 0.5) is 10.1 Å². The summed E-state index contributed by atoms with van der Waals surface area (Å²) in [6.45, 7) is 2.52. The molecule has 0 radical (unpaired) electrons. The molecule has 1 aliphatic heterocycles. The Balaban J connectivity index is 1.19. The van der Waals surface area contributed by atoms with Gasteiger partial charge in [0.15, 0.2) is 0 Å². The summed E-state index contributed by atoms with van der Waals surface area (Å²) in [5.41, 5.74) is 4.57. The number of amides is 1. The molecule has 6 heteroatoms. The molecule has 1 N–H and O–H groups in total. The van der Waals surface area contributed by atoms with Gasteiger partial charge < -0.3 is 9.88 Å². The fraction of sp³-hybridized carbons (Fsp3) is 0.259. The van der Waals surface area contributed by atoms with Crippen molar-refractivity contribution in [3.63, 3.8) is 0 Å². The second-order valence-corrected chi connectivity index (χ2v) is 8.71. The third-order valence-corrected chi connectivity index (χ3v) is 6.49. The van der Waals surface area contributed by atoms with Crippen molar-refractivity contribution in [2.75, 3.05) is 18.4 Å². The van der Waals surface area contributed by atoms with Crippen molar-refractivity contribution in [2.45, 2.75) is 19.4 Å². The first-order valence-corrected chi connectivity index (χ1v) is 11.4. The lowest BCUT2D eigenvalue weighted by Gasteiger charge is -2.31. The standard InChI is InChI=1S/C27H27FN4O/c1-31-25-11-3-2-10-24(25)30-26(31)18-32-14-12-19(13-15-32)27(33)29-23-9-5-7-21(17-23)20-6-4-8-22(28)16-20/h2-11,16-17,19H,12-15,18H2,1H3,(H,29,33). The van der Waals surface area contributed by atoms with Crippen molar-refractivity contribution in [1.29, 1.82) is 0 Å². The lowest BCUT2D eigenvalue weighted by molar-refractivity contribution is -0.121. The lowest BCUT2D eigenvalue weighted by atomic mass is 9.95. The molecule has 3 aromatic carbocycles. The molecule has 1 fully saturated rings. The van der Waals surface area contributed by atoms with E-state index in [4.69, 9.17) is 4.98 Å². The molecule has 1 aliphatic rings. The van der Waals surface area contributed by atoms with Crippen LogP contribution in [0.15, 0.2) is 72.8 Å². The molecule has 5 rings (SSSR count). The Kier molecular flexibility index (Phi) is 5.92. The molecule has 1 aromatic heterocycles. The smallest absolute Gasteiger partial charge is 0.227 e. The summed E-state index contributed by atoms with van der Waals surface area (Å²) in [7, 11) is 2.06. The number of piperidine rings is 1. The number of carbonyl (C=O) groups is 1. The van der Waals surface area contributed by atoms with E-state index in [-0.39, 0.29) is 17.6 Å².